The van der Waals surface area contributed by atoms with Crippen molar-refractivity contribution in [2.75, 3.05) is 12.8 Å². The third-order valence-electron chi connectivity index (χ3n) is 2.75. The van der Waals surface area contributed by atoms with E-state index >= 15 is 0 Å². The maximum atomic E-state index is 6.33. The van der Waals surface area contributed by atoms with Gasteiger partial charge in [-0.25, -0.2) is 0 Å². The van der Waals surface area contributed by atoms with Gasteiger partial charge in [-0.1, -0.05) is 16.8 Å². The number of ether oxygens (including phenoxy) is 1. The van der Waals surface area contributed by atoms with Gasteiger partial charge in [-0.05, 0) is 12.1 Å². The second-order valence-electron chi connectivity index (χ2n) is 3.71. The third-order valence-corrected chi connectivity index (χ3v) is 3.15. The number of halogens is 1. The number of nitrogen functional groups attached to an aromatic ring is 1. The van der Waals surface area contributed by atoms with E-state index in [9.17, 15) is 0 Å². The molecular weight excluding hydrogens is 256 g/mol. The van der Waals surface area contributed by atoms with E-state index in [1.165, 1.54) is 6.20 Å². The van der Waals surface area contributed by atoms with E-state index in [2.05, 4.69) is 5.16 Å². The number of hydrogen-bond donors (Lipinski definition) is 1. The van der Waals surface area contributed by atoms with Crippen LogP contribution in [0.2, 0.25) is 5.02 Å². The molecule has 92 valence electrons. The van der Waals surface area contributed by atoms with Gasteiger partial charge in [-0.15, -0.1) is 0 Å². The van der Waals surface area contributed by atoms with E-state index in [0.29, 0.717) is 27.5 Å². The van der Waals surface area contributed by atoms with Crippen LogP contribution in [0.1, 0.15) is 0 Å². The topological polar surface area (TPSA) is 74.4 Å². The fraction of sp³-hybridized carbons (Fsp3) is 0.0833. The molecule has 3 rings (SSSR count). The molecule has 6 heteroatoms. The Hall–Kier alpha value is -2.14. The van der Waals surface area contributed by atoms with Gasteiger partial charge in [0.15, 0.2) is 11.3 Å². The highest BCUT2D eigenvalue weighted by Crippen LogP contribution is 2.41. The number of aromatic nitrogens is 1. The molecule has 0 unspecified atom stereocenters. The van der Waals surface area contributed by atoms with Gasteiger partial charge in [-0.2, -0.15) is 0 Å². The van der Waals surface area contributed by atoms with E-state index < -0.39 is 0 Å². The van der Waals surface area contributed by atoms with Crippen LogP contribution in [0, 0.1) is 0 Å². The van der Waals surface area contributed by atoms with Crippen LogP contribution in [-0.2, 0) is 0 Å². The number of nitrogens with zero attached hydrogens (tertiary/aromatic N) is 1. The Morgan fingerprint density at radius 2 is 2.22 bits per heavy atom. The maximum Gasteiger partial charge on any atom is 0.230 e. The minimum Gasteiger partial charge on any atom is -0.493 e. The van der Waals surface area contributed by atoms with Gasteiger partial charge in [-0.3, -0.25) is 0 Å². The van der Waals surface area contributed by atoms with Crippen LogP contribution in [0.5, 0.6) is 5.75 Å². The van der Waals surface area contributed by atoms with Gasteiger partial charge in [0, 0.05) is 10.9 Å². The number of rotatable bonds is 2. The molecule has 3 aromatic rings. The molecule has 0 bridgehead atoms. The summed E-state index contributed by atoms with van der Waals surface area (Å²) in [5.74, 6) is 0.789. The Kier molecular flexibility index (Phi) is 2.41. The smallest absolute Gasteiger partial charge is 0.230 e. The molecule has 0 saturated heterocycles. The molecule has 0 atom stereocenters. The summed E-state index contributed by atoms with van der Waals surface area (Å²) in [7, 11) is 1.56. The minimum absolute atomic E-state index is 0.210. The summed E-state index contributed by atoms with van der Waals surface area (Å²) in [6.07, 6.45) is 3.07. The van der Waals surface area contributed by atoms with Crippen molar-refractivity contribution in [3.63, 3.8) is 0 Å². The Labute approximate surface area is 107 Å². The molecule has 18 heavy (non-hydrogen) atoms. The number of fused-ring (bicyclic) bond motifs is 1. The lowest BCUT2D eigenvalue weighted by atomic mass is 10.1. The van der Waals surface area contributed by atoms with Crippen molar-refractivity contribution in [1.82, 2.24) is 5.16 Å². The number of nitrogens with two attached hydrogens (primary N) is 1. The van der Waals surface area contributed by atoms with Crippen LogP contribution in [-0.4, -0.2) is 12.3 Å². The van der Waals surface area contributed by atoms with Crippen molar-refractivity contribution in [3.8, 4) is 16.9 Å². The maximum absolute atomic E-state index is 6.33. The fourth-order valence-electron chi connectivity index (χ4n) is 1.88. The largest absolute Gasteiger partial charge is 0.493 e. The van der Waals surface area contributed by atoms with E-state index in [4.69, 9.17) is 31.0 Å². The highest BCUT2D eigenvalue weighted by Gasteiger charge is 2.18. The summed E-state index contributed by atoms with van der Waals surface area (Å²) in [6, 6.07) is 3.52. The van der Waals surface area contributed by atoms with Crippen LogP contribution in [0.25, 0.3) is 22.1 Å². The lowest BCUT2D eigenvalue weighted by Crippen LogP contribution is -1.89. The summed E-state index contributed by atoms with van der Waals surface area (Å²) in [6.45, 7) is 0. The van der Waals surface area contributed by atoms with Gasteiger partial charge in [0.2, 0.25) is 5.88 Å². The zero-order valence-electron chi connectivity index (χ0n) is 9.44. The molecule has 2 heterocycles. The second-order valence-corrected chi connectivity index (χ2v) is 4.09. The van der Waals surface area contributed by atoms with Crippen LogP contribution < -0.4 is 10.5 Å². The second kappa shape index (κ2) is 3.96. The summed E-state index contributed by atoms with van der Waals surface area (Å²) >= 11 is 6.33. The first-order valence-corrected chi connectivity index (χ1v) is 5.54. The van der Waals surface area contributed by atoms with Crippen LogP contribution >= 0.6 is 11.6 Å². The van der Waals surface area contributed by atoms with Gasteiger partial charge in [0.25, 0.3) is 0 Å². The lowest BCUT2D eigenvalue weighted by molar-refractivity contribution is 0.410. The van der Waals surface area contributed by atoms with Crippen molar-refractivity contribution in [1.29, 1.82) is 0 Å². The predicted octanol–water partition coefficient (Wildman–Crippen LogP) is 3.33. The monoisotopic (exact) mass is 264 g/mol. The van der Waals surface area contributed by atoms with Gasteiger partial charge < -0.3 is 19.4 Å². The quantitative estimate of drug-likeness (QED) is 0.768. The molecule has 0 aliphatic rings. The van der Waals surface area contributed by atoms with E-state index in [1.807, 2.05) is 0 Å². The molecule has 0 amide bonds. The standard InChI is InChI=1S/C12H9ClN2O3/c1-16-9-4-7(8-5-15-18-12(8)14)10(13)6-2-3-17-11(6)9/h2-5H,14H2,1H3. The summed E-state index contributed by atoms with van der Waals surface area (Å²) in [5, 5.41) is 4.92. The Balaban J connectivity index is 2.36. The van der Waals surface area contributed by atoms with Gasteiger partial charge in [0.1, 0.15) is 0 Å². The van der Waals surface area contributed by atoms with Crippen molar-refractivity contribution < 1.29 is 13.7 Å². The summed E-state index contributed by atoms with van der Waals surface area (Å²) in [4.78, 5) is 0. The van der Waals surface area contributed by atoms with E-state index in [-0.39, 0.29) is 5.88 Å². The summed E-state index contributed by atoms with van der Waals surface area (Å²) in [5.41, 5.74) is 7.62. The number of furan rings is 1. The molecule has 0 aliphatic heterocycles. The molecule has 2 aromatic heterocycles. The molecule has 2 N–H and O–H groups in total. The first-order valence-electron chi connectivity index (χ1n) is 5.16. The van der Waals surface area contributed by atoms with Crippen LogP contribution in [0.3, 0.4) is 0 Å². The van der Waals surface area contributed by atoms with Crippen molar-refractivity contribution in [3.05, 3.63) is 29.6 Å². The van der Waals surface area contributed by atoms with E-state index in [1.54, 1.807) is 25.5 Å². The Morgan fingerprint density at radius 1 is 1.39 bits per heavy atom. The first kappa shape index (κ1) is 11.0. The van der Waals surface area contributed by atoms with Crippen molar-refractivity contribution in [2.24, 2.45) is 0 Å². The molecule has 0 spiro atoms. The van der Waals surface area contributed by atoms with Crippen LogP contribution in [0.4, 0.5) is 5.88 Å². The average molecular weight is 265 g/mol. The minimum atomic E-state index is 0.210. The van der Waals surface area contributed by atoms with Gasteiger partial charge in [0.05, 0.1) is 30.2 Å². The Morgan fingerprint density at radius 3 is 2.89 bits per heavy atom. The zero-order chi connectivity index (χ0) is 12.7. The molecule has 1 aromatic carbocycles. The SMILES string of the molecule is COc1cc(-c2cnoc2N)c(Cl)c2ccoc12. The number of benzene rings is 1. The van der Waals surface area contributed by atoms with Crippen molar-refractivity contribution >= 4 is 28.5 Å². The first-order chi connectivity index (χ1) is 8.72. The third kappa shape index (κ3) is 1.44. The highest BCUT2D eigenvalue weighted by atomic mass is 35.5. The average Bonchev–Trinajstić information content (AvgIpc) is 2.99. The fourth-order valence-corrected chi connectivity index (χ4v) is 2.18. The Bertz CT molecular complexity index is 717. The molecule has 5 nitrogen and oxygen atoms in total. The molecule has 0 radical (unpaired) electrons. The summed E-state index contributed by atoms with van der Waals surface area (Å²) < 4.78 is 15.5. The molecule has 0 aliphatic carbocycles. The number of hydrogen-bond acceptors (Lipinski definition) is 5. The molecule has 0 fully saturated rings. The zero-order valence-corrected chi connectivity index (χ0v) is 10.2. The normalized spacial score (nSPS) is 11.0. The molecular formula is C12H9ClN2O3. The van der Waals surface area contributed by atoms with E-state index in [0.717, 1.165) is 5.39 Å². The lowest BCUT2D eigenvalue weighted by Gasteiger charge is -2.07. The van der Waals surface area contributed by atoms with Crippen LogP contribution in [0.15, 0.2) is 33.5 Å². The highest BCUT2D eigenvalue weighted by molar-refractivity contribution is 6.38. The number of methoxy groups -OCH3 is 1. The molecule has 0 saturated carbocycles. The van der Waals surface area contributed by atoms with Crippen molar-refractivity contribution in [2.45, 2.75) is 0 Å². The predicted molar refractivity (Wildman–Crippen MR) is 67.7 cm³/mol. The number of anilines is 1. The van der Waals surface area contributed by atoms with Gasteiger partial charge >= 0.3 is 0 Å².